The van der Waals surface area contributed by atoms with E-state index >= 15 is 0 Å². The zero-order chi connectivity index (χ0) is 21.3. The molecule has 2 amide bonds. The Morgan fingerprint density at radius 1 is 0.867 bits per heavy atom. The van der Waals surface area contributed by atoms with E-state index < -0.39 is 11.8 Å². The second-order valence-corrected chi connectivity index (χ2v) is 7.09. The fraction of sp³-hybridized carbons (Fsp3) is 0.130. The highest BCUT2D eigenvalue weighted by Gasteiger charge is 2.12. The Labute approximate surface area is 183 Å². The van der Waals surface area contributed by atoms with Crippen LogP contribution in [0.25, 0.3) is 11.1 Å². The van der Waals surface area contributed by atoms with Crippen molar-refractivity contribution in [3.8, 4) is 22.6 Å². The lowest BCUT2D eigenvalue weighted by molar-refractivity contribution is -0.123. The number of nitrogens with one attached hydrogen (secondary N) is 2. The molecule has 0 fully saturated rings. The molecule has 0 radical (unpaired) electrons. The van der Waals surface area contributed by atoms with Crippen molar-refractivity contribution in [3.63, 3.8) is 0 Å². The van der Waals surface area contributed by atoms with E-state index in [0.717, 1.165) is 11.1 Å². The molecule has 3 aromatic carbocycles. The number of hydrogen-bond acceptors (Lipinski definition) is 4. The van der Waals surface area contributed by atoms with Crippen LogP contribution in [0, 0.1) is 0 Å². The van der Waals surface area contributed by atoms with Gasteiger partial charge in [-0.15, -0.1) is 0 Å². The highest BCUT2D eigenvalue weighted by Crippen LogP contribution is 2.29. The van der Waals surface area contributed by atoms with Gasteiger partial charge in [0.05, 0.1) is 11.1 Å². The van der Waals surface area contributed by atoms with Crippen molar-refractivity contribution in [3.05, 3.63) is 82.8 Å². The first-order valence-corrected chi connectivity index (χ1v) is 10.2. The summed E-state index contributed by atoms with van der Waals surface area (Å²) < 4.78 is 11.7. The number of para-hydroxylation sites is 1. The number of halogens is 1. The lowest BCUT2D eigenvalue weighted by atomic mass is 10.1. The molecular weight excluding hydrogens is 448 g/mol. The number of carbonyl (C=O) groups is 2. The number of carbonyl (C=O) groups excluding carboxylic acids is 2. The summed E-state index contributed by atoms with van der Waals surface area (Å²) in [6.45, 7) is 2.16. The molecule has 0 aliphatic rings. The van der Waals surface area contributed by atoms with Gasteiger partial charge >= 0.3 is 0 Å². The van der Waals surface area contributed by atoms with Gasteiger partial charge in [0.15, 0.2) is 6.61 Å². The smallest absolute Gasteiger partial charge is 0.276 e. The molecule has 0 aromatic heterocycles. The van der Waals surface area contributed by atoms with Crippen molar-refractivity contribution < 1.29 is 19.1 Å². The molecule has 0 aliphatic heterocycles. The Morgan fingerprint density at radius 2 is 1.60 bits per heavy atom. The monoisotopic (exact) mass is 468 g/mol. The minimum absolute atomic E-state index is 0.239. The van der Waals surface area contributed by atoms with E-state index in [9.17, 15) is 9.59 Å². The normalized spacial score (nSPS) is 10.2. The molecule has 6 nitrogen and oxygen atoms in total. The van der Waals surface area contributed by atoms with E-state index in [1.807, 2.05) is 55.5 Å². The van der Waals surface area contributed by atoms with Crippen molar-refractivity contribution in [2.45, 2.75) is 6.92 Å². The summed E-state index contributed by atoms with van der Waals surface area (Å²) in [5.41, 5.74) is 6.99. The third-order valence-electron chi connectivity index (χ3n) is 4.14. The largest absolute Gasteiger partial charge is 0.493 e. The van der Waals surface area contributed by atoms with Crippen LogP contribution in [0.5, 0.6) is 11.5 Å². The summed E-state index contributed by atoms with van der Waals surface area (Å²) in [7, 11) is 0. The Morgan fingerprint density at radius 3 is 2.33 bits per heavy atom. The quantitative estimate of drug-likeness (QED) is 0.505. The van der Waals surface area contributed by atoms with Gasteiger partial charge in [-0.25, -0.2) is 0 Å². The van der Waals surface area contributed by atoms with Crippen LogP contribution >= 0.6 is 15.9 Å². The molecule has 2 N–H and O–H groups in total. The van der Waals surface area contributed by atoms with Crippen molar-refractivity contribution in [1.82, 2.24) is 10.9 Å². The summed E-state index contributed by atoms with van der Waals surface area (Å²) in [6, 6.07) is 22.1. The van der Waals surface area contributed by atoms with Crippen LogP contribution in [-0.2, 0) is 4.79 Å². The second kappa shape index (κ2) is 10.5. The van der Waals surface area contributed by atoms with Gasteiger partial charge in [0.25, 0.3) is 11.8 Å². The SMILES string of the molecule is CCOc1ccc(C(=O)NNC(=O)COc2ccccc2-c2ccccc2)cc1Br. The first-order chi connectivity index (χ1) is 14.6. The van der Waals surface area contributed by atoms with Gasteiger partial charge in [-0.1, -0.05) is 48.5 Å². The van der Waals surface area contributed by atoms with Gasteiger partial charge in [0, 0.05) is 11.1 Å². The zero-order valence-electron chi connectivity index (χ0n) is 16.4. The maximum absolute atomic E-state index is 12.3. The first-order valence-electron chi connectivity index (χ1n) is 9.37. The van der Waals surface area contributed by atoms with E-state index in [0.29, 0.717) is 28.1 Å². The van der Waals surface area contributed by atoms with Crippen molar-refractivity contribution >= 4 is 27.7 Å². The van der Waals surface area contributed by atoms with E-state index in [2.05, 4.69) is 26.8 Å². The van der Waals surface area contributed by atoms with Crippen molar-refractivity contribution in [2.75, 3.05) is 13.2 Å². The van der Waals surface area contributed by atoms with Gasteiger partial charge in [-0.2, -0.15) is 0 Å². The predicted octanol–water partition coefficient (Wildman–Crippen LogP) is 4.35. The van der Waals surface area contributed by atoms with Crippen LogP contribution < -0.4 is 20.3 Å². The summed E-state index contributed by atoms with van der Waals surface area (Å²) in [6.07, 6.45) is 0. The topological polar surface area (TPSA) is 76.7 Å². The average Bonchev–Trinajstić information content (AvgIpc) is 2.78. The van der Waals surface area contributed by atoms with Gasteiger partial charge in [0.2, 0.25) is 0 Å². The van der Waals surface area contributed by atoms with Gasteiger partial charge < -0.3 is 9.47 Å². The molecule has 0 unspecified atom stereocenters. The van der Waals surface area contributed by atoms with E-state index in [1.54, 1.807) is 24.3 Å². The highest BCUT2D eigenvalue weighted by atomic mass is 79.9. The number of amides is 2. The van der Waals surface area contributed by atoms with Crippen molar-refractivity contribution in [1.29, 1.82) is 0 Å². The molecule has 0 atom stereocenters. The second-order valence-electron chi connectivity index (χ2n) is 6.23. The summed E-state index contributed by atoms with van der Waals surface area (Å²) >= 11 is 3.36. The van der Waals surface area contributed by atoms with Gasteiger partial charge in [-0.3, -0.25) is 20.4 Å². The zero-order valence-corrected chi connectivity index (χ0v) is 17.9. The molecule has 0 saturated heterocycles. The number of rotatable bonds is 7. The third-order valence-corrected chi connectivity index (χ3v) is 4.76. The average molecular weight is 469 g/mol. The van der Waals surface area contributed by atoms with E-state index in [4.69, 9.17) is 9.47 Å². The van der Waals surface area contributed by atoms with Crippen LogP contribution in [0.3, 0.4) is 0 Å². The molecule has 0 spiro atoms. The molecule has 0 bridgehead atoms. The minimum atomic E-state index is -0.476. The van der Waals surface area contributed by atoms with Gasteiger partial charge in [-0.05, 0) is 52.7 Å². The molecule has 0 saturated carbocycles. The van der Waals surface area contributed by atoms with E-state index in [1.165, 1.54) is 0 Å². The molecule has 154 valence electrons. The van der Waals surface area contributed by atoms with Crippen LogP contribution in [0.1, 0.15) is 17.3 Å². The molecular formula is C23H21BrN2O4. The standard InChI is InChI=1S/C23H21BrN2O4/c1-2-29-21-13-12-17(14-19(21)24)23(28)26-25-22(27)15-30-20-11-7-6-10-18(20)16-8-4-3-5-9-16/h3-14H,2,15H2,1H3,(H,25,27)(H,26,28). The number of ether oxygens (including phenoxy) is 2. The molecule has 7 heteroatoms. The summed E-state index contributed by atoms with van der Waals surface area (Å²) in [4.78, 5) is 24.4. The Balaban J connectivity index is 1.55. The van der Waals surface area contributed by atoms with Crippen LogP contribution in [0.2, 0.25) is 0 Å². The fourth-order valence-electron chi connectivity index (χ4n) is 2.74. The Hall–Kier alpha value is -3.32. The molecule has 30 heavy (non-hydrogen) atoms. The number of hydrazine groups is 1. The minimum Gasteiger partial charge on any atom is -0.493 e. The predicted molar refractivity (Wildman–Crippen MR) is 118 cm³/mol. The van der Waals surface area contributed by atoms with Crippen LogP contribution in [0.4, 0.5) is 0 Å². The van der Waals surface area contributed by atoms with Gasteiger partial charge in [0.1, 0.15) is 11.5 Å². The highest BCUT2D eigenvalue weighted by molar-refractivity contribution is 9.10. The molecule has 3 aromatic rings. The number of hydrogen-bond donors (Lipinski definition) is 2. The Bertz CT molecular complexity index is 1020. The molecule has 0 aliphatic carbocycles. The molecule has 0 heterocycles. The Kier molecular flexibility index (Phi) is 7.45. The fourth-order valence-corrected chi connectivity index (χ4v) is 3.23. The maximum Gasteiger partial charge on any atom is 0.276 e. The van der Waals surface area contributed by atoms with Crippen LogP contribution in [0.15, 0.2) is 77.3 Å². The lowest BCUT2D eigenvalue weighted by Crippen LogP contribution is -2.43. The molecule has 3 rings (SSSR count). The number of benzene rings is 3. The summed E-state index contributed by atoms with van der Waals surface area (Å²) in [5.74, 6) is 0.303. The lowest BCUT2D eigenvalue weighted by Gasteiger charge is -2.12. The maximum atomic E-state index is 12.3. The van der Waals surface area contributed by atoms with Crippen molar-refractivity contribution in [2.24, 2.45) is 0 Å². The summed E-state index contributed by atoms with van der Waals surface area (Å²) in [5, 5.41) is 0. The third kappa shape index (κ3) is 5.61. The van der Waals surface area contributed by atoms with E-state index in [-0.39, 0.29) is 6.61 Å². The van der Waals surface area contributed by atoms with Crippen LogP contribution in [-0.4, -0.2) is 25.0 Å². The first kappa shape index (κ1) is 21.4.